The molecule has 0 spiro atoms. The molecule has 1 saturated heterocycles. The maximum atomic E-state index is 6.87. The van der Waals surface area contributed by atoms with Crippen LogP contribution in [0.4, 0.5) is 5.69 Å². The number of benzene rings is 1. The Morgan fingerprint density at radius 2 is 1.94 bits per heavy atom. The van der Waals surface area contributed by atoms with E-state index >= 15 is 0 Å². The second kappa shape index (κ2) is 7.00. The Bertz CT molecular complexity index is 390. The van der Waals surface area contributed by atoms with Gasteiger partial charge in [-0.05, 0) is 18.6 Å². The topological polar surface area (TPSA) is 28.9 Å². The Balaban J connectivity index is 1.63. The van der Waals surface area contributed by atoms with Crippen LogP contribution in [0, 0.1) is 6.57 Å². The van der Waals surface area contributed by atoms with E-state index in [2.05, 4.69) is 15.1 Å². The molecule has 1 N–H and O–H groups in total. The first kappa shape index (κ1) is 12.9. The van der Waals surface area contributed by atoms with E-state index in [1.807, 2.05) is 12.1 Å². The Morgan fingerprint density at radius 1 is 1.22 bits per heavy atom. The van der Waals surface area contributed by atoms with Crippen molar-refractivity contribution in [3.63, 3.8) is 0 Å². The first-order valence-corrected chi connectivity index (χ1v) is 6.42. The van der Waals surface area contributed by atoms with Crippen LogP contribution in [-0.4, -0.2) is 44.2 Å². The van der Waals surface area contributed by atoms with Crippen molar-refractivity contribution < 1.29 is 4.74 Å². The molecule has 4 nitrogen and oxygen atoms in total. The van der Waals surface area contributed by atoms with Crippen molar-refractivity contribution in [2.75, 3.05) is 39.3 Å². The molecule has 96 valence electrons. The molecule has 1 aliphatic rings. The summed E-state index contributed by atoms with van der Waals surface area (Å²) in [6.07, 6.45) is 1.05. The van der Waals surface area contributed by atoms with Crippen LogP contribution in [0.1, 0.15) is 6.42 Å². The molecule has 4 heteroatoms. The van der Waals surface area contributed by atoms with E-state index < -0.39 is 0 Å². The highest BCUT2D eigenvalue weighted by Gasteiger charge is 2.08. The fourth-order valence-corrected chi connectivity index (χ4v) is 2.03. The number of nitrogens with zero attached hydrogens (tertiary/aromatic N) is 2. The van der Waals surface area contributed by atoms with Crippen LogP contribution < -0.4 is 10.1 Å². The summed E-state index contributed by atoms with van der Waals surface area (Å²) < 4.78 is 5.65. The summed E-state index contributed by atoms with van der Waals surface area (Å²) in [6.45, 7) is 13.2. The monoisotopic (exact) mass is 245 g/mol. The third-order valence-corrected chi connectivity index (χ3v) is 3.06. The van der Waals surface area contributed by atoms with Gasteiger partial charge in [-0.3, -0.25) is 0 Å². The second-order valence-electron chi connectivity index (χ2n) is 4.40. The molecule has 2 rings (SSSR count). The van der Waals surface area contributed by atoms with E-state index in [1.165, 1.54) is 0 Å². The lowest BCUT2D eigenvalue weighted by Gasteiger charge is -2.26. The standard InChI is InChI=1S/C14H19N3O/c1-15-13-3-5-14(6-4-13)18-12-2-9-17-10-7-16-8-11-17/h3-6,16H,2,7-12H2. The third-order valence-electron chi connectivity index (χ3n) is 3.06. The van der Waals surface area contributed by atoms with Crippen molar-refractivity contribution in [3.05, 3.63) is 35.7 Å². The molecule has 0 unspecified atom stereocenters. The third kappa shape index (κ3) is 4.02. The zero-order valence-electron chi connectivity index (χ0n) is 10.6. The predicted molar refractivity (Wildman–Crippen MR) is 72.1 cm³/mol. The Hall–Kier alpha value is -1.57. The van der Waals surface area contributed by atoms with E-state index in [4.69, 9.17) is 11.3 Å². The van der Waals surface area contributed by atoms with Crippen LogP contribution in [0.5, 0.6) is 5.75 Å². The van der Waals surface area contributed by atoms with Crippen molar-refractivity contribution in [2.45, 2.75) is 6.42 Å². The highest BCUT2D eigenvalue weighted by atomic mass is 16.5. The molecule has 1 aliphatic heterocycles. The molecule has 18 heavy (non-hydrogen) atoms. The number of hydrogen-bond acceptors (Lipinski definition) is 3. The average Bonchev–Trinajstić information content (AvgIpc) is 2.45. The van der Waals surface area contributed by atoms with E-state index in [1.54, 1.807) is 12.1 Å². The van der Waals surface area contributed by atoms with E-state index in [9.17, 15) is 0 Å². The molecule has 1 heterocycles. The van der Waals surface area contributed by atoms with Gasteiger partial charge in [0.25, 0.3) is 0 Å². The highest BCUT2D eigenvalue weighted by Crippen LogP contribution is 2.17. The minimum absolute atomic E-state index is 0.656. The van der Waals surface area contributed by atoms with E-state index in [0.717, 1.165) is 51.5 Å². The van der Waals surface area contributed by atoms with Crippen LogP contribution in [0.3, 0.4) is 0 Å². The first-order valence-electron chi connectivity index (χ1n) is 6.42. The molecule has 0 atom stereocenters. The largest absolute Gasteiger partial charge is 0.494 e. The van der Waals surface area contributed by atoms with Crippen molar-refractivity contribution in [1.29, 1.82) is 0 Å². The van der Waals surface area contributed by atoms with Gasteiger partial charge in [0.05, 0.1) is 13.2 Å². The molecule has 0 bridgehead atoms. The van der Waals surface area contributed by atoms with Gasteiger partial charge in [0.1, 0.15) is 5.75 Å². The SMILES string of the molecule is [C-]#[N+]c1ccc(OCCCN2CCNCC2)cc1. The van der Waals surface area contributed by atoms with Crippen LogP contribution >= 0.6 is 0 Å². The Kier molecular flexibility index (Phi) is 5.00. The summed E-state index contributed by atoms with van der Waals surface area (Å²) >= 11 is 0. The van der Waals surface area contributed by atoms with Crippen LogP contribution in [0.2, 0.25) is 0 Å². The van der Waals surface area contributed by atoms with Gasteiger partial charge in [-0.2, -0.15) is 0 Å². The van der Waals surface area contributed by atoms with Crippen molar-refractivity contribution in [3.8, 4) is 5.75 Å². The van der Waals surface area contributed by atoms with Gasteiger partial charge in [0, 0.05) is 32.7 Å². The Labute approximate surface area is 108 Å². The lowest BCUT2D eigenvalue weighted by atomic mass is 10.3. The summed E-state index contributed by atoms with van der Waals surface area (Å²) in [5, 5.41) is 3.34. The minimum Gasteiger partial charge on any atom is -0.494 e. The zero-order valence-corrected chi connectivity index (χ0v) is 10.6. The summed E-state index contributed by atoms with van der Waals surface area (Å²) in [5.41, 5.74) is 0.656. The van der Waals surface area contributed by atoms with Gasteiger partial charge in [0.15, 0.2) is 5.69 Å². The summed E-state index contributed by atoms with van der Waals surface area (Å²) in [5.74, 6) is 0.850. The summed E-state index contributed by atoms with van der Waals surface area (Å²) in [6, 6.07) is 7.30. The molecule has 0 radical (unpaired) electrons. The van der Waals surface area contributed by atoms with Gasteiger partial charge in [-0.1, -0.05) is 12.1 Å². The van der Waals surface area contributed by atoms with Crippen LogP contribution in [0.25, 0.3) is 4.85 Å². The Morgan fingerprint density at radius 3 is 2.61 bits per heavy atom. The maximum Gasteiger partial charge on any atom is 0.187 e. The molecular weight excluding hydrogens is 226 g/mol. The second-order valence-corrected chi connectivity index (χ2v) is 4.40. The molecule has 1 fully saturated rings. The van der Waals surface area contributed by atoms with Crippen LogP contribution in [0.15, 0.2) is 24.3 Å². The van der Waals surface area contributed by atoms with Gasteiger partial charge >= 0.3 is 0 Å². The number of rotatable bonds is 5. The normalized spacial score (nSPS) is 16.2. The lowest BCUT2D eigenvalue weighted by molar-refractivity contribution is 0.214. The molecule has 0 aromatic heterocycles. The molecule has 0 aliphatic carbocycles. The lowest BCUT2D eigenvalue weighted by Crippen LogP contribution is -2.43. The van der Waals surface area contributed by atoms with Gasteiger partial charge in [-0.15, -0.1) is 0 Å². The molecule has 0 saturated carbocycles. The average molecular weight is 245 g/mol. The summed E-state index contributed by atoms with van der Waals surface area (Å²) in [4.78, 5) is 5.81. The van der Waals surface area contributed by atoms with Crippen LogP contribution in [-0.2, 0) is 0 Å². The van der Waals surface area contributed by atoms with Gasteiger partial charge in [-0.25, -0.2) is 4.85 Å². The van der Waals surface area contributed by atoms with Gasteiger partial charge < -0.3 is 15.0 Å². The highest BCUT2D eigenvalue weighted by molar-refractivity contribution is 5.46. The van der Waals surface area contributed by atoms with E-state index in [0.29, 0.717) is 5.69 Å². The number of piperazine rings is 1. The zero-order chi connectivity index (χ0) is 12.6. The maximum absolute atomic E-state index is 6.87. The summed E-state index contributed by atoms with van der Waals surface area (Å²) in [7, 11) is 0. The molecule has 1 aromatic rings. The molecule has 0 amide bonds. The number of hydrogen-bond donors (Lipinski definition) is 1. The quantitative estimate of drug-likeness (QED) is 0.634. The smallest absolute Gasteiger partial charge is 0.187 e. The molecule has 1 aromatic carbocycles. The van der Waals surface area contributed by atoms with E-state index in [-0.39, 0.29) is 0 Å². The van der Waals surface area contributed by atoms with Crippen molar-refractivity contribution in [1.82, 2.24) is 10.2 Å². The minimum atomic E-state index is 0.656. The number of nitrogens with one attached hydrogen (secondary N) is 1. The van der Waals surface area contributed by atoms with Crippen molar-refractivity contribution in [2.24, 2.45) is 0 Å². The predicted octanol–water partition coefficient (Wildman–Crippen LogP) is 1.91. The number of ether oxygens (including phenoxy) is 1. The molecular formula is C14H19N3O. The fraction of sp³-hybridized carbons (Fsp3) is 0.500. The van der Waals surface area contributed by atoms with Crippen molar-refractivity contribution >= 4 is 5.69 Å². The van der Waals surface area contributed by atoms with Gasteiger partial charge in [0.2, 0.25) is 0 Å². The fourth-order valence-electron chi connectivity index (χ4n) is 2.03. The first-order chi connectivity index (χ1) is 8.88.